The molecule has 0 aromatic heterocycles. The molecule has 0 aromatic rings. The van der Waals surface area contributed by atoms with Gasteiger partial charge in [-0.3, -0.25) is 9.79 Å². The van der Waals surface area contributed by atoms with Crippen LogP contribution in [0.3, 0.4) is 0 Å². The fraction of sp³-hybridized carbons (Fsp3) is 0.875. The molecule has 2 unspecified atom stereocenters. The predicted molar refractivity (Wildman–Crippen MR) is 86.3 cm³/mol. The molecule has 0 spiro atoms. The molecule has 1 heterocycles. The topological polar surface area (TPSA) is 53.9 Å². The van der Waals surface area contributed by atoms with Gasteiger partial charge in [-0.05, 0) is 31.6 Å². The zero-order valence-electron chi connectivity index (χ0n) is 14.2. The number of hydrogen-bond acceptors (Lipinski definition) is 3. The monoisotopic (exact) mass is 297 g/mol. The second-order valence-electron chi connectivity index (χ2n) is 6.35. The number of rotatable bonds is 6. The molecule has 0 saturated carbocycles. The van der Waals surface area contributed by atoms with Crippen LogP contribution in [0.25, 0.3) is 0 Å². The van der Waals surface area contributed by atoms with Gasteiger partial charge in [0, 0.05) is 19.6 Å². The lowest BCUT2D eigenvalue weighted by Crippen LogP contribution is -2.40. The highest BCUT2D eigenvalue weighted by Gasteiger charge is 2.25. The lowest BCUT2D eigenvalue weighted by Gasteiger charge is -2.22. The van der Waals surface area contributed by atoms with E-state index in [1.807, 2.05) is 6.92 Å². The van der Waals surface area contributed by atoms with E-state index in [2.05, 4.69) is 36.0 Å². The number of aliphatic imine (C=N–C) groups is 1. The van der Waals surface area contributed by atoms with Crippen LogP contribution in [-0.4, -0.2) is 50.1 Å². The van der Waals surface area contributed by atoms with Crippen molar-refractivity contribution in [2.75, 3.05) is 33.3 Å². The Bertz CT molecular complexity index is 355. The van der Waals surface area contributed by atoms with Gasteiger partial charge in [0.1, 0.15) is 0 Å². The fourth-order valence-corrected chi connectivity index (χ4v) is 2.81. The van der Waals surface area contributed by atoms with Gasteiger partial charge in [0.15, 0.2) is 5.96 Å². The Morgan fingerprint density at radius 2 is 2.14 bits per heavy atom. The molecule has 0 bridgehead atoms. The molecule has 1 N–H and O–H groups in total. The molecule has 21 heavy (non-hydrogen) atoms. The molecule has 5 heteroatoms. The maximum absolute atomic E-state index is 11.5. The Balaban J connectivity index is 2.59. The second kappa shape index (κ2) is 8.90. The highest BCUT2D eigenvalue weighted by Crippen LogP contribution is 2.23. The molecule has 1 saturated heterocycles. The minimum Gasteiger partial charge on any atom is -0.469 e. The smallest absolute Gasteiger partial charge is 0.310 e. The number of nitrogens with one attached hydrogen (secondary N) is 1. The van der Waals surface area contributed by atoms with Gasteiger partial charge in [0.05, 0.1) is 19.6 Å². The molecule has 122 valence electrons. The van der Waals surface area contributed by atoms with E-state index in [1.165, 1.54) is 20.0 Å². The summed E-state index contributed by atoms with van der Waals surface area (Å²) in [5, 5.41) is 3.33. The number of nitrogens with zero attached hydrogens (tertiary/aromatic N) is 2. The highest BCUT2D eigenvalue weighted by atomic mass is 16.5. The molecule has 1 aliphatic rings. The number of guanidine groups is 1. The van der Waals surface area contributed by atoms with Crippen LogP contribution in [0, 0.1) is 17.8 Å². The first-order valence-electron chi connectivity index (χ1n) is 8.09. The Kier molecular flexibility index (Phi) is 7.54. The Morgan fingerprint density at radius 1 is 1.43 bits per heavy atom. The van der Waals surface area contributed by atoms with Crippen LogP contribution in [0.4, 0.5) is 0 Å². The molecule has 2 atom stereocenters. The summed E-state index contributed by atoms with van der Waals surface area (Å²) in [5.74, 6) is 2.03. The molecule has 1 aliphatic heterocycles. The zero-order valence-corrected chi connectivity index (χ0v) is 14.2. The van der Waals surface area contributed by atoms with Gasteiger partial charge >= 0.3 is 5.97 Å². The molecule has 0 amide bonds. The maximum atomic E-state index is 11.5. The standard InChI is InChI=1S/C16H31N3O2/c1-6-17-16(18-10-13(4)15(20)21-5)19-8-7-14(11-19)9-12(2)3/h12-14H,6-11H2,1-5H3,(H,17,18). The average Bonchev–Trinajstić information content (AvgIpc) is 2.89. The quantitative estimate of drug-likeness (QED) is 0.463. The first-order valence-corrected chi connectivity index (χ1v) is 8.09. The van der Waals surface area contributed by atoms with Crippen molar-refractivity contribution in [3.05, 3.63) is 0 Å². The summed E-state index contributed by atoms with van der Waals surface area (Å²) in [6, 6.07) is 0. The Hall–Kier alpha value is -1.26. The third-order valence-corrected chi connectivity index (χ3v) is 3.84. The lowest BCUT2D eigenvalue weighted by atomic mass is 9.97. The van der Waals surface area contributed by atoms with Gasteiger partial charge < -0.3 is 15.0 Å². The van der Waals surface area contributed by atoms with E-state index in [1.54, 1.807) is 0 Å². The van der Waals surface area contributed by atoms with Crippen molar-refractivity contribution in [3.8, 4) is 0 Å². The lowest BCUT2D eigenvalue weighted by molar-refractivity contribution is -0.144. The van der Waals surface area contributed by atoms with Crippen LogP contribution < -0.4 is 5.32 Å². The van der Waals surface area contributed by atoms with Gasteiger partial charge in [-0.1, -0.05) is 20.8 Å². The second-order valence-corrected chi connectivity index (χ2v) is 6.35. The van der Waals surface area contributed by atoms with Crippen molar-refractivity contribution in [2.45, 2.75) is 40.5 Å². The van der Waals surface area contributed by atoms with Gasteiger partial charge in [-0.15, -0.1) is 0 Å². The number of esters is 1. The molecular formula is C16H31N3O2. The third kappa shape index (κ3) is 5.94. The highest BCUT2D eigenvalue weighted by molar-refractivity contribution is 5.80. The number of likely N-dealkylation sites (tertiary alicyclic amines) is 1. The van der Waals surface area contributed by atoms with E-state index in [9.17, 15) is 4.79 Å². The summed E-state index contributed by atoms with van der Waals surface area (Å²) >= 11 is 0. The predicted octanol–water partition coefficient (Wildman–Crippen LogP) is 2.13. The minimum absolute atomic E-state index is 0.197. The number of methoxy groups -OCH3 is 1. The maximum Gasteiger partial charge on any atom is 0.310 e. The Morgan fingerprint density at radius 3 is 2.71 bits per heavy atom. The molecule has 0 aromatic carbocycles. The van der Waals surface area contributed by atoms with Crippen molar-refractivity contribution in [3.63, 3.8) is 0 Å². The average molecular weight is 297 g/mol. The normalized spacial score (nSPS) is 20.8. The molecule has 0 radical (unpaired) electrons. The third-order valence-electron chi connectivity index (χ3n) is 3.84. The summed E-state index contributed by atoms with van der Waals surface area (Å²) in [5.41, 5.74) is 0. The van der Waals surface area contributed by atoms with E-state index in [-0.39, 0.29) is 11.9 Å². The van der Waals surface area contributed by atoms with E-state index in [0.717, 1.165) is 37.4 Å². The molecular weight excluding hydrogens is 266 g/mol. The summed E-state index contributed by atoms with van der Waals surface area (Å²) in [7, 11) is 1.42. The fourth-order valence-electron chi connectivity index (χ4n) is 2.81. The van der Waals surface area contributed by atoms with E-state index < -0.39 is 0 Å². The molecule has 1 fully saturated rings. The minimum atomic E-state index is -0.200. The van der Waals surface area contributed by atoms with E-state index in [4.69, 9.17) is 4.74 Å². The number of carbonyl (C=O) groups is 1. The van der Waals surface area contributed by atoms with Crippen LogP contribution in [-0.2, 0) is 9.53 Å². The van der Waals surface area contributed by atoms with Crippen LogP contribution in [0.2, 0.25) is 0 Å². The van der Waals surface area contributed by atoms with Gasteiger partial charge in [-0.25, -0.2) is 0 Å². The number of carbonyl (C=O) groups excluding carboxylic acids is 1. The number of ether oxygens (including phenoxy) is 1. The first kappa shape index (κ1) is 17.8. The van der Waals surface area contributed by atoms with Crippen molar-refractivity contribution >= 4 is 11.9 Å². The van der Waals surface area contributed by atoms with Crippen LogP contribution >= 0.6 is 0 Å². The molecule has 1 rings (SSSR count). The van der Waals surface area contributed by atoms with E-state index in [0.29, 0.717) is 6.54 Å². The zero-order chi connectivity index (χ0) is 15.8. The van der Waals surface area contributed by atoms with Crippen molar-refractivity contribution < 1.29 is 9.53 Å². The number of hydrogen-bond donors (Lipinski definition) is 1. The van der Waals surface area contributed by atoms with Crippen molar-refractivity contribution in [1.29, 1.82) is 0 Å². The van der Waals surface area contributed by atoms with Crippen LogP contribution in [0.1, 0.15) is 40.5 Å². The summed E-state index contributed by atoms with van der Waals surface area (Å²) in [4.78, 5) is 18.4. The van der Waals surface area contributed by atoms with Gasteiger partial charge in [-0.2, -0.15) is 0 Å². The Labute approximate surface area is 129 Å². The van der Waals surface area contributed by atoms with Crippen LogP contribution in [0.15, 0.2) is 4.99 Å². The van der Waals surface area contributed by atoms with Gasteiger partial charge in [0.25, 0.3) is 0 Å². The SMILES string of the molecule is CCNC(=NCC(C)C(=O)OC)N1CCC(CC(C)C)C1. The van der Waals surface area contributed by atoms with Gasteiger partial charge in [0.2, 0.25) is 0 Å². The van der Waals surface area contributed by atoms with Crippen molar-refractivity contribution in [1.82, 2.24) is 10.2 Å². The van der Waals surface area contributed by atoms with E-state index >= 15 is 0 Å². The summed E-state index contributed by atoms with van der Waals surface area (Å²) in [6.45, 7) is 11.9. The summed E-state index contributed by atoms with van der Waals surface area (Å²) in [6.07, 6.45) is 2.50. The molecule has 0 aliphatic carbocycles. The first-order chi connectivity index (χ1) is 9.97. The van der Waals surface area contributed by atoms with Crippen molar-refractivity contribution in [2.24, 2.45) is 22.7 Å². The summed E-state index contributed by atoms with van der Waals surface area (Å²) < 4.78 is 4.75. The molecule has 5 nitrogen and oxygen atoms in total. The largest absolute Gasteiger partial charge is 0.469 e. The van der Waals surface area contributed by atoms with Crippen LogP contribution in [0.5, 0.6) is 0 Å².